The highest BCUT2D eigenvalue weighted by molar-refractivity contribution is 9.10. The number of imide groups is 1. The van der Waals surface area contributed by atoms with Gasteiger partial charge in [0.2, 0.25) is 11.8 Å². The van der Waals surface area contributed by atoms with Gasteiger partial charge < -0.3 is 4.74 Å². The van der Waals surface area contributed by atoms with Crippen LogP contribution in [0.15, 0.2) is 28.7 Å². The molecule has 2 atom stereocenters. The second-order valence-corrected chi connectivity index (χ2v) is 7.27. The summed E-state index contributed by atoms with van der Waals surface area (Å²) in [7, 11) is 0. The quantitative estimate of drug-likeness (QED) is 0.425. The van der Waals surface area contributed by atoms with Gasteiger partial charge in [-0.15, -0.1) is 0 Å². The smallest absolute Gasteiger partial charge is 0.326 e. The Balaban J connectivity index is 1.54. The van der Waals surface area contributed by atoms with E-state index in [0.29, 0.717) is 18.4 Å². The number of carbonyl (C=O) groups is 4. The number of Topliss-reactive ketones (excluding diaryl/α,β-unsaturated/α-hetero) is 1. The number of ketones is 1. The molecule has 0 N–H and O–H groups in total. The molecule has 1 aromatic carbocycles. The second-order valence-electron chi connectivity index (χ2n) is 6.35. The number of hydrogen-bond donors (Lipinski definition) is 0. The van der Waals surface area contributed by atoms with Gasteiger partial charge in [-0.2, -0.15) is 0 Å². The van der Waals surface area contributed by atoms with Gasteiger partial charge in [0.1, 0.15) is 6.54 Å². The van der Waals surface area contributed by atoms with Gasteiger partial charge in [-0.05, 0) is 25.0 Å². The highest BCUT2D eigenvalue weighted by Gasteiger charge is 2.48. The third-order valence-corrected chi connectivity index (χ3v) is 5.28. The molecule has 6 nitrogen and oxygen atoms in total. The van der Waals surface area contributed by atoms with Crippen LogP contribution in [0.4, 0.5) is 0 Å². The summed E-state index contributed by atoms with van der Waals surface area (Å²) in [6.45, 7) is -0.832. The summed E-state index contributed by atoms with van der Waals surface area (Å²) in [6.07, 6.45) is 3.26. The second kappa shape index (κ2) is 7.47. The van der Waals surface area contributed by atoms with E-state index < -0.39 is 19.1 Å². The summed E-state index contributed by atoms with van der Waals surface area (Å²) < 4.78 is 5.80. The number of amides is 2. The van der Waals surface area contributed by atoms with Crippen molar-refractivity contribution in [2.45, 2.75) is 25.7 Å². The van der Waals surface area contributed by atoms with Crippen LogP contribution in [0.5, 0.6) is 0 Å². The zero-order chi connectivity index (χ0) is 18.0. The lowest BCUT2D eigenvalue weighted by Gasteiger charge is -2.19. The van der Waals surface area contributed by atoms with Crippen LogP contribution in [0.25, 0.3) is 0 Å². The highest BCUT2D eigenvalue weighted by Crippen LogP contribution is 2.37. The van der Waals surface area contributed by atoms with Crippen LogP contribution >= 0.6 is 15.9 Å². The Morgan fingerprint density at radius 1 is 1.04 bits per heavy atom. The van der Waals surface area contributed by atoms with E-state index in [4.69, 9.17) is 4.74 Å². The monoisotopic (exact) mass is 407 g/mol. The topological polar surface area (TPSA) is 80.8 Å². The fourth-order valence-electron chi connectivity index (χ4n) is 3.43. The maximum Gasteiger partial charge on any atom is 0.326 e. The molecule has 1 aliphatic heterocycles. The van der Waals surface area contributed by atoms with E-state index >= 15 is 0 Å². The molecule has 2 aliphatic rings. The summed E-state index contributed by atoms with van der Waals surface area (Å²) in [5.74, 6) is -2.24. The molecule has 0 radical (unpaired) electrons. The first-order valence-corrected chi connectivity index (χ1v) is 9.06. The zero-order valence-electron chi connectivity index (χ0n) is 13.6. The van der Waals surface area contributed by atoms with E-state index in [9.17, 15) is 19.2 Å². The molecule has 2 fully saturated rings. The van der Waals surface area contributed by atoms with Crippen molar-refractivity contribution in [2.24, 2.45) is 11.8 Å². The van der Waals surface area contributed by atoms with Crippen molar-refractivity contribution in [3.63, 3.8) is 0 Å². The molecule has 0 unspecified atom stereocenters. The van der Waals surface area contributed by atoms with Crippen molar-refractivity contribution in [3.05, 3.63) is 34.3 Å². The maximum atomic E-state index is 12.3. The highest BCUT2D eigenvalue weighted by atomic mass is 79.9. The van der Waals surface area contributed by atoms with Crippen LogP contribution in [-0.2, 0) is 19.1 Å². The molecule has 25 heavy (non-hydrogen) atoms. The van der Waals surface area contributed by atoms with E-state index in [0.717, 1.165) is 22.2 Å². The molecule has 0 bridgehead atoms. The van der Waals surface area contributed by atoms with E-state index in [2.05, 4.69) is 15.9 Å². The molecule has 1 heterocycles. The number of esters is 1. The average Bonchev–Trinajstić information content (AvgIpc) is 2.86. The number of likely N-dealkylation sites (tertiary alicyclic amines) is 1. The van der Waals surface area contributed by atoms with Crippen molar-refractivity contribution in [1.29, 1.82) is 0 Å². The summed E-state index contributed by atoms with van der Waals surface area (Å²) >= 11 is 3.28. The maximum absolute atomic E-state index is 12.3. The molecule has 0 spiro atoms. The van der Waals surface area contributed by atoms with Gasteiger partial charge in [-0.25, -0.2) is 0 Å². The Kier molecular flexibility index (Phi) is 5.32. The predicted octanol–water partition coefficient (Wildman–Crippen LogP) is 2.35. The number of halogens is 1. The van der Waals surface area contributed by atoms with Crippen LogP contribution in [0, 0.1) is 11.8 Å². The molecule has 1 saturated carbocycles. The number of fused-ring (bicyclic) bond motifs is 1. The van der Waals surface area contributed by atoms with Crippen molar-refractivity contribution in [3.8, 4) is 0 Å². The fourth-order valence-corrected chi connectivity index (χ4v) is 3.69. The zero-order valence-corrected chi connectivity index (χ0v) is 15.2. The van der Waals surface area contributed by atoms with Crippen LogP contribution in [0.2, 0.25) is 0 Å². The van der Waals surface area contributed by atoms with Crippen molar-refractivity contribution < 1.29 is 23.9 Å². The first-order valence-electron chi connectivity index (χ1n) is 8.27. The molecule has 1 saturated heterocycles. The standard InChI is InChI=1S/C18H18BrNO5/c19-12-7-5-11(6-8-12)15(21)10-25-16(22)9-20-17(23)13-3-1-2-4-14(13)18(20)24/h5-8,13-14H,1-4,9-10H2/t13-,14+. The molecule has 1 aliphatic carbocycles. The van der Waals surface area contributed by atoms with Gasteiger partial charge in [0.15, 0.2) is 12.4 Å². The van der Waals surface area contributed by atoms with Crippen LogP contribution in [-0.4, -0.2) is 41.6 Å². The Morgan fingerprint density at radius 3 is 2.16 bits per heavy atom. The minimum Gasteiger partial charge on any atom is -0.456 e. The van der Waals surface area contributed by atoms with Crippen LogP contribution < -0.4 is 0 Å². The summed E-state index contributed by atoms with van der Waals surface area (Å²) in [6, 6.07) is 6.69. The summed E-state index contributed by atoms with van der Waals surface area (Å²) in [5, 5.41) is 0. The van der Waals surface area contributed by atoms with Gasteiger partial charge in [-0.1, -0.05) is 40.9 Å². The van der Waals surface area contributed by atoms with Gasteiger partial charge >= 0.3 is 5.97 Å². The predicted molar refractivity (Wildman–Crippen MR) is 91.6 cm³/mol. The largest absolute Gasteiger partial charge is 0.456 e. The first kappa shape index (κ1) is 17.8. The lowest BCUT2D eigenvalue weighted by molar-refractivity contribution is -0.152. The molecular formula is C18H18BrNO5. The van der Waals surface area contributed by atoms with Gasteiger partial charge in [0.25, 0.3) is 0 Å². The van der Waals surface area contributed by atoms with E-state index in [1.165, 1.54) is 0 Å². The summed E-state index contributed by atoms with van der Waals surface area (Å²) in [5.41, 5.74) is 0.426. The third-order valence-electron chi connectivity index (χ3n) is 4.75. The fraction of sp³-hybridized carbons (Fsp3) is 0.444. The normalized spacial score (nSPS) is 22.7. The molecular weight excluding hydrogens is 390 g/mol. The van der Waals surface area contributed by atoms with Gasteiger partial charge in [0.05, 0.1) is 11.8 Å². The third kappa shape index (κ3) is 3.81. The van der Waals surface area contributed by atoms with Crippen LogP contribution in [0.3, 0.4) is 0 Å². The number of hydrogen-bond acceptors (Lipinski definition) is 5. The summed E-state index contributed by atoms with van der Waals surface area (Å²) in [4.78, 5) is 49.5. The van der Waals surface area contributed by atoms with Gasteiger partial charge in [0, 0.05) is 10.0 Å². The number of nitrogens with zero attached hydrogens (tertiary/aromatic N) is 1. The number of rotatable bonds is 5. The number of carbonyl (C=O) groups excluding carboxylic acids is 4. The number of benzene rings is 1. The van der Waals surface area contributed by atoms with Crippen molar-refractivity contribution >= 4 is 39.5 Å². The van der Waals surface area contributed by atoms with Crippen molar-refractivity contribution in [1.82, 2.24) is 4.90 Å². The Labute approximate surface area is 153 Å². The first-order chi connectivity index (χ1) is 12.0. The molecule has 2 amide bonds. The minimum absolute atomic E-state index is 0.286. The molecule has 1 aromatic rings. The van der Waals surface area contributed by atoms with Crippen LogP contribution in [0.1, 0.15) is 36.0 Å². The Morgan fingerprint density at radius 2 is 1.60 bits per heavy atom. The van der Waals surface area contributed by atoms with E-state index in [-0.39, 0.29) is 29.4 Å². The van der Waals surface area contributed by atoms with E-state index in [1.54, 1.807) is 24.3 Å². The number of ether oxygens (including phenoxy) is 1. The van der Waals surface area contributed by atoms with Crippen molar-refractivity contribution in [2.75, 3.05) is 13.2 Å². The average molecular weight is 408 g/mol. The lowest BCUT2D eigenvalue weighted by atomic mass is 9.81. The Bertz CT molecular complexity index is 691. The lowest BCUT2D eigenvalue weighted by Crippen LogP contribution is -2.37. The minimum atomic E-state index is -0.745. The molecule has 132 valence electrons. The SMILES string of the molecule is O=C(CN1C(=O)[C@H]2CCCC[C@H]2C1=O)OCC(=O)c1ccc(Br)cc1. The molecule has 7 heteroatoms. The molecule has 0 aromatic heterocycles. The van der Waals surface area contributed by atoms with E-state index in [1.807, 2.05) is 0 Å². The Hall–Kier alpha value is -2.02. The molecule has 3 rings (SSSR count). The van der Waals surface area contributed by atoms with Gasteiger partial charge in [-0.3, -0.25) is 24.1 Å².